The summed E-state index contributed by atoms with van der Waals surface area (Å²) in [5.41, 5.74) is 3.77. The molecule has 5 heteroatoms. The fourth-order valence-corrected chi connectivity index (χ4v) is 3.80. The average Bonchev–Trinajstić information content (AvgIpc) is 2.85. The third-order valence-electron chi connectivity index (χ3n) is 3.53. The van der Waals surface area contributed by atoms with Crippen molar-refractivity contribution in [3.05, 3.63) is 56.2 Å². The normalized spacial score (nSPS) is 14.8. The Morgan fingerprint density at radius 2 is 2.14 bits per heavy atom. The predicted octanol–water partition coefficient (Wildman–Crippen LogP) is 5.21. The molecule has 0 radical (unpaired) electrons. The molecule has 1 aliphatic heterocycles. The summed E-state index contributed by atoms with van der Waals surface area (Å²) < 4.78 is 7.07. The van der Waals surface area contributed by atoms with Crippen LogP contribution in [-0.2, 0) is 6.61 Å². The molecule has 0 amide bonds. The molecule has 0 saturated heterocycles. The summed E-state index contributed by atoms with van der Waals surface area (Å²) in [5, 5.41) is 2.15. The summed E-state index contributed by atoms with van der Waals surface area (Å²) in [5.74, 6) is 0.970. The Hall–Kier alpha value is -0.810. The van der Waals surface area contributed by atoms with E-state index in [2.05, 4.69) is 64.6 Å². The van der Waals surface area contributed by atoms with Gasteiger partial charge in [-0.25, -0.2) is 0 Å². The maximum atomic E-state index is 5.98. The fourth-order valence-electron chi connectivity index (χ4n) is 2.47. The van der Waals surface area contributed by atoms with Gasteiger partial charge in [0.2, 0.25) is 0 Å². The number of ether oxygens (including phenoxy) is 1. The number of nitrogens with zero attached hydrogens (tertiary/aromatic N) is 1. The Balaban J connectivity index is 0.00000176. The predicted molar refractivity (Wildman–Crippen MR) is 100 cm³/mol. The van der Waals surface area contributed by atoms with E-state index in [9.17, 15) is 0 Å². The van der Waals surface area contributed by atoms with E-state index in [0.717, 1.165) is 23.2 Å². The second kappa shape index (κ2) is 7.64. The van der Waals surface area contributed by atoms with Crippen LogP contribution in [0.4, 0.5) is 0 Å². The molecule has 2 heterocycles. The van der Waals surface area contributed by atoms with Crippen LogP contribution in [0.25, 0.3) is 5.57 Å². The Morgan fingerprint density at radius 3 is 2.91 bits per heavy atom. The van der Waals surface area contributed by atoms with Crippen molar-refractivity contribution in [3.63, 3.8) is 0 Å². The number of benzene rings is 1. The first-order valence-electron chi connectivity index (χ1n) is 6.99. The van der Waals surface area contributed by atoms with Crippen molar-refractivity contribution in [1.82, 2.24) is 4.90 Å². The summed E-state index contributed by atoms with van der Waals surface area (Å²) in [7, 11) is 4.21. The summed E-state index contributed by atoms with van der Waals surface area (Å²) in [6.45, 7) is 1.70. The van der Waals surface area contributed by atoms with Crippen LogP contribution >= 0.6 is 39.7 Å². The average molecular weight is 401 g/mol. The molecule has 2 nitrogen and oxygen atoms in total. The molecule has 1 aromatic heterocycles. The number of fused-ring (bicyclic) bond motifs is 2. The van der Waals surface area contributed by atoms with Crippen LogP contribution in [0.5, 0.6) is 5.75 Å². The molecule has 118 valence electrons. The maximum absolute atomic E-state index is 5.98. The molecule has 0 unspecified atom stereocenters. The molecule has 22 heavy (non-hydrogen) atoms. The van der Waals surface area contributed by atoms with Crippen molar-refractivity contribution in [2.24, 2.45) is 0 Å². The number of hydrogen-bond donors (Lipinski definition) is 0. The second-order valence-corrected chi connectivity index (χ2v) is 7.25. The van der Waals surface area contributed by atoms with Crippen molar-refractivity contribution in [1.29, 1.82) is 0 Å². The summed E-state index contributed by atoms with van der Waals surface area (Å²) in [4.78, 5) is 3.55. The zero-order chi connectivity index (χ0) is 14.8. The first-order valence-corrected chi connectivity index (χ1v) is 8.67. The van der Waals surface area contributed by atoms with E-state index in [1.54, 1.807) is 11.3 Å². The number of halogens is 2. The minimum atomic E-state index is 0. The lowest BCUT2D eigenvalue weighted by Gasteiger charge is -2.11. The molecule has 0 atom stereocenters. The van der Waals surface area contributed by atoms with E-state index in [1.165, 1.54) is 21.6 Å². The highest BCUT2D eigenvalue weighted by Crippen LogP contribution is 2.40. The molecule has 0 bridgehead atoms. The lowest BCUT2D eigenvalue weighted by Crippen LogP contribution is -2.12. The molecule has 3 rings (SSSR count). The van der Waals surface area contributed by atoms with Gasteiger partial charge in [-0.15, -0.1) is 23.7 Å². The molecule has 2 aromatic rings. The van der Waals surface area contributed by atoms with Gasteiger partial charge in [0.25, 0.3) is 0 Å². The van der Waals surface area contributed by atoms with E-state index >= 15 is 0 Å². The van der Waals surface area contributed by atoms with Gasteiger partial charge in [0.15, 0.2) is 0 Å². The largest absolute Gasteiger partial charge is 0.488 e. The molecular formula is C17H19BrClNOS. The minimum Gasteiger partial charge on any atom is -0.488 e. The topological polar surface area (TPSA) is 12.5 Å². The lowest BCUT2D eigenvalue weighted by molar-refractivity contribution is 0.307. The summed E-state index contributed by atoms with van der Waals surface area (Å²) in [6, 6.07) is 8.41. The van der Waals surface area contributed by atoms with Gasteiger partial charge in [0.1, 0.15) is 12.4 Å². The Labute approximate surface area is 150 Å². The first-order chi connectivity index (χ1) is 10.1. The van der Waals surface area contributed by atoms with Gasteiger partial charge in [-0.3, -0.25) is 0 Å². The van der Waals surface area contributed by atoms with Crippen molar-refractivity contribution in [2.45, 2.75) is 13.0 Å². The van der Waals surface area contributed by atoms with Gasteiger partial charge in [0.05, 0.1) is 0 Å². The van der Waals surface area contributed by atoms with E-state index in [4.69, 9.17) is 4.74 Å². The molecule has 0 saturated carbocycles. The van der Waals surface area contributed by atoms with Crippen molar-refractivity contribution >= 4 is 45.2 Å². The third kappa shape index (κ3) is 3.74. The maximum Gasteiger partial charge on any atom is 0.127 e. The zero-order valence-corrected chi connectivity index (χ0v) is 15.9. The smallest absolute Gasteiger partial charge is 0.127 e. The molecule has 0 fully saturated rings. The van der Waals surface area contributed by atoms with Gasteiger partial charge in [-0.05, 0) is 55.7 Å². The molecule has 0 aliphatic carbocycles. The fraction of sp³-hybridized carbons (Fsp3) is 0.294. The van der Waals surface area contributed by atoms with E-state index in [1.807, 2.05) is 6.07 Å². The second-order valence-electron chi connectivity index (χ2n) is 5.41. The molecular weight excluding hydrogens is 382 g/mol. The number of rotatable bonds is 3. The van der Waals surface area contributed by atoms with Crippen LogP contribution in [-0.4, -0.2) is 25.5 Å². The van der Waals surface area contributed by atoms with Gasteiger partial charge >= 0.3 is 0 Å². The number of hydrogen-bond acceptors (Lipinski definition) is 3. The SMILES string of the molecule is CN(C)CC/C=C1/c2cc(Br)ccc2OCc2ccsc21.Cl. The molecule has 0 N–H and O–H groups in total. The van der Waals surface area contributed by atoms with Gasteiger partial charge in [0, 0.05) is 27.0 Å². The molecule has 0 spiro atoms. The first kappa shape index (κ1) is 17.5. The van der Waals surface area contributed by atoms with Crippen molar-refractivity contribution < 1.29 is 4.74 Å². The third-order valence-corrected chi connectivity index (χ3v) is 5.01. The Kier molecular flexibility index (Phi) is 6.09. The highest BCUT2D eigenvalue weighted by molar-refractivity contribution is 9.10. The minimum absolute atomic E-state index is 0. The van der Waals surface area contributed by atoms with Crippen LogP contribution < -0.4 is 4.74 Å². The van der Waals surface area contributed by atoms with Crippen LogP contribution in [0.15, 0.2) is 40.2 Å². The Bertz CT molecular complexity index is 681. The van der Waals surface area contributed by atoms with Gasteiger partial charge < -0.3 is 9.64 Å². The van der Waals surface area contributed by atoms with Crippen LogP contribution in [0, 0.1) is 0 Å². The van der Waals surface area contributed by atoms with Gasteiger partial charge in [-0.1, -0.05) is 22.0 Å². The van der Waals surface area contributed by atoms with Crippen molar-refractivity contribution in [2.75, 3.05) is 20.6 Å². The van der Waals surface area contributed by atoms with E-state index in [-0.39, 0.29) is 12.4 Å². The molecule has 1 aromatic carbocycles. The summed E-state index contributed by atoms with van der Waals surface area (Å²) >= 11 is 5.38. The Morgan fingerprint density at radius 1 is 1.32 bits per heavy atom. The zero-order valence-electron chi connectivity index (χ0n) is 12.6. The van der Waals surface area contributed by atoms with E-state index < -0.39 is 0 Å². The van der Waals surface area contributed by atoms with Crippen LogP contribution in [0.1, 0.15) is 22.4 Å². The standard InChI is InChI=1S/C17H18BrNOS.ClH/c1-19(2)8-3-4-14-15-10-13(18)5-6-16(15)20-11-12-7-9-21-17(12)14;/h4-7,9-10H,3,8,11H2,1-2H3;1H/b14-4-;. The quantitative estimate of drug-likeness (QED) is 0.701. The number of thiophene rings is 1. The lowest BCUT2D eigenvalue weighted by atomic mass is 10.0. The van der Waals surface area contributed by atoms with Crippen molar-refractivity contribution in [3.8, 4) is 5.75 Å². The van der Waals surface area contributed by atoms with E-state index in [0.29, 0.717) is 6.61 Å². The summed E-state index contributed by atoms with van der Waals surface area (Å²) in [6.07, 6.45) is 3.38. The monoisotopic (exact) mass is 399 g/mol. The highest BCUT2D eigenvalue weighted by Gasteiger charge is 2.20. The molecule has 1 aliphatic rings. The van der Waals surface area contributed by atoms with Crippen LogP contribution in [0.2, 0.25) is 0 Å². The van der Waals surface area contributed by atoms with Crippen LogP contribution in [0.3, 0.4) is 0 Å². The highest BCUT2D eigenvalue weighted by atomic mass is 79.9. The van der Waals surface area contributed by atoms with Gasteiger partial charge in [-0.2, -0.15) is 0 Å².